The highest BCUT2D eigenvalue weighted by atomic mass is 35.5. The molecule has 156 valence electrons. The number of carbonyl (C=O) groups is 2. The first kappa shape index (κ1) is 20.6. The van der Waals surface area contributed by atoms with Crippen molar-refractivity contribution in [3.8, 4) is 0 Å². The Morgan fingerprint density at radius 3 is 2.45 bits per heavy atom. The summed E-state index contributed by atoms with van der Waals surface area (Å²) >= 11 is 6.41. The normalized spacial score (nSPS) is 10.8. The molecule has 0 spiro atoms. The smallest absolute Gasteiger partial charge is 0.273 e. The van der Waals surface area contributed by atoms with Gasteiger partial charge in [0.05, 0.1) is 18.7 Å². The van der Waals surface area contributed by atoms with E-state index >= 15 is 0 Å². The van der Waals surface area contributed by atoms with E-state index in [-0.39, 0.29) is 23.0 Å². The molecule has 2 amide bonds. The highest BCUT2D eigenvalue weighted by Crippen LogP contribution is 2.21. The van der Waals surface area contributed by atoms with Gasteiger partial charge in [0, 0.05) is 0 Å². The minimum atomic E-state index is -0.506. The molecule has 3 aromatic carbocycles. The SMILES string of the molecule is Cc1nn(Cc2ccccc2)c(Cl)c1C(=O)NNC(=O)Cc1cccc2ccccc12. The Balaban J connectivity index is 1.42. The molecule has 31 heavy (non-hydrogen) atoms. The van der Waals surface area contributed by atoms with Crippen molar-refractivity contribution in [1.29, 1.82) is 0 Å². The van der Waals surface area contributed by atoms with Crippen LogP contribution in [0.4, 0.5) is 0 Å². The second kappa shape index (κ2) is 9.02. The standard InChI is InChI=1S/C24H21ClN4O2/c1-16-22(23(25)29(28-16)15-17-8-3-2-4-9-17)24(31)27-26-21(30)14-19-12-7-11-18-10-5-6-13-20(18)19/h2-13H,14-15H2,1H3,(H,26,30)(H,27,31). The van der Waals surface area contributed by atoms with E-state index in [2.05, 4.69) is 16.0 Å². The molecule has 0 radical (unpaired) electrons. The first-order valence-corrected chi connectivity index (χ1v) is 10.2. The van der Waals surface area contributed by atoms with Gasteiger partial charge in [-0.25, -0.2) is 4.68 Å². The number of nitrogens with zero attached hydrogens (tertiary/aromatic N) is 2. The molecule has 0 saturated heterocycles. The minimum absolute atomic E-state index is 0.140. The molecule has 4 aromatic rings. The Hall–Kier alpha value is -3.64. The fraction of sp³-hybridized carbons (Fsp3) is 0.125. The molecule has 7 heteroatoms. The number of nitrogens with one attached hydrogen (secondary N) is 2. The van der Waals surface area contributed by atoms with Gasteiger partial charge in [0.2, 0.25) is 5.91 Å². The molecule has 0 fully saturated rings. The molecule has 2 N–H and O–H groups in total. The zero-order valence-electron chi connectivity index (χ0n) is 16.9. The molecule has 0 atom stereocenters. The predicted molar refractivity (Wildman–Crippen MR) is 121 cm³/mol. The summed E-state index contributed by atoms with van der Waals surface area (Å²) in [6.45, 7) is 2.15. The van der Waals surface area contributed by atoms with Gasteiger partial charge >= 0.3 is 0 Å². The maximum absolute atomic E-state index is 12.7. The Kier molecular flexibility index (Phi) is 6.00. The maximum Gasteiger partial charge on any atom is 0.274 e. The van der Waals surface area contributed by atoms with E-state index in [0.717, 1.165) is 21.9 Å². The van der Waals surface area contributed by atoms with Crippen LogP contribution in [-0.4, -0.2) is 21.6 Å². The molecule has 0 bridgehead atoms. The van der Waals surface area contributed by atoms with E-state index < -0.39 is 5.91 Å². The van der Waals surface area contributed by atoms with E-state index in [0.29, 0.717) is 12.2 Å². The average molecular weight is 433 g/mol. The van der Waals surface area contributed by atoms with Gasteiger partial charge in [-0.15, -0.1) is 0 Å². The van der Waals surface area contributed by atoms with Gasteiger partial charge in [-0.1, -0.05) is 84.4 Å². The third kappa shape index (κ3) is 4.59. The third-order valence-corrected chi connectivity index (χ3v) is 5.40. The summed E-state index contributed by atoms with van der Waals surface area (Å²) in [6, 6.07) is 23.4. The highest BCUT2D eigenvalue weighted by molar-refractivity contribution is 6.33. The zero-order chi connectivity index (χ0) is 21.8. The van der Waals surface area contributed by atoms with Gasteiger partial charge in [0.15, 0.2) is 0 Å². The molecular formula is C24H21ClN4O2. The number of hydrogen-bond donors (Lipinski definition) is 2. The van der Waals surface area contributed by atoms with Crippen molar-refractivity contribution < 1.29 is 9.59 Å². The summed E-state index contributed by atoms with van der Waals surface area (Å²) in [7, 11) is 0. The number of carbonyl (C=O) groups excluding carboxylic acids is 2. The van der Waals surface area contributed by atoms with Crippen LogP contribution in [0.25, 0.3) is 10.8 Å². The summed E-state index contributed by atoms with van der Waals surface area (Å²) < 4.78 is 1.57. The fourth-order valence-corrected chi connectivity index (χ4v) is 3.85. The van der Waals surface area contributed by atoms with E-state index in [1.807, 2.05) is 72.8 Å². The maximum atomic E-state index is 12.7. The topological polar surface area (TPSA) is 76.0 Å². The van der Waals surface area contributed by atoms with E-state index in [9.17, 15) is 9.59 Å². The molecule has 4 rings (SSSR count). The van der Waals surface area contributed by atoms with Gasteiger partial charge in [-0.2, -0.15) is 5.10 Å². The molecule has 0 unspecified atom stereocenters. The summed E-state index contributed by atoms with van der Waals surface area (Å²) in [4.78, 5) is 25.1. The van der Waals surface area contributed by atoms with Crippen molar-refractivity contribution in [2.45, 2.75) is 19.9 Å². The molecule has 0 aliphatic rings. The number of hydrazine groups is 1. The van der Waals surface area contributed by atoms with Gasteiger partial charge in [-0.05, 0) is 28.8 Å². The quantitative estimate of drug-likeness (QED) is 0.467. The number of hydrogen-bond acceptors (Lipinski definition) is 3. The second-order valence-electron chi connectivity index (χ2n) is 7.21. The lowest BCUT2D eigenvalue weighted by molar-refractivity contribution is -0.121. The third-order valence-electron chi connectivity index (χ3n) is 5.01. The zero-order valence-corrected chi connectivity index (χ0v) is 17.7. The Morgan fingerprint density at radius 2 is 1.65 bits per heavy atom. The summed E-state index contributed by atoms with van der Waals surface area (Å²) in [5.41, 5.74) is 7.55. The predicted octanol–water partition coefficient (Wildman–Crippen LogP) is 4.05. The highest BCUT2D eigenvalue weighted by Gasteiger charge is 2.21. The molecular weight excluding hydrogens is 412 g/mol. The van der Waals surface area contributed by atoms with Gasteiger partial charge < -0.3 is 0 Å². The van der Waals surface area contributed by atoms with Gasteiger partial charge in [0.25, 0.3) is 5.91 Å². The van der Waals surface area contributed by atoms with Crippen LogP contribution in [0.3, 0.4) is 0 Å². The minimum Gasteiger partial charge on any atom is -0.273 e. The molecule has 0 aliphatic heterocycles. The van der Waals surface area contributed by atoms with Crippen molar-refractivity contribution in [3.63, 3.8) is 0 Å². The van der Waals surface area contributed by atoms with Crippen LogP contribution in [-0.2, 0) is 17.8 Å². The van der Waals surface area contributed by atoms with Crippen molar-refractivity contribution in [3.05, 3.63) is 100 Å². The summed E-state index contributed by atoms with van der Waals surface area (Å²) in [6.07, 6.45) is 0.140. The molecule has 1 heterocycles. The van der Waals surface area contributed by atoms with Crippen molar-refractivity contribution in [2.24, 2.45) is 0 Å². The van der Waals surface area contributed by atoms with Gasteiger partial charge in [-0.3, -0.25) is 20.4 Å². The Bertz CT molecular complexity index is 1250. The number of benzene rings is 3. The van der Waals surface area contributed by atoms with Crippen LogP contribution in [0, 0.1) is 6.92 Å². The molecule has 1 aromatic heterocycles. The number of rotatable bonds is 5. The van der Waals surface area contributed by atoms with Crippen LogP contribution >= 0.6 is 11.6 Å². The van der Waals surface area contributed by atoms with Crippen LogP contribution in [0.5, 0.6) is 0 Å². The van der Waals surface area contributed by atoms with Gasteiger partial charge in [0.1, 0.15) is 10.7 Å². The Morgan fingerprint density at radius 1 is 0.935 bits per heavy atom. The van der Waals surface area contributed by atoms with Crippen LogP contribution in [0.2, 0.25) is 5.15 Å². The van der Waals surface area contributed by atoms with Crippen LogP contribution in [0.1, 0.15) is 27.2 Å². The molecule has 0 saturated carbocycles. The van der Waals surface area contributed by atoms with Crippen LogP contribution < -0.4 is 10.9 Å². The Labute approximate surface area is 184 Å². The number of amides is 2. The lowest BCUT2D eigenvalue weighted by atomic mass is 10.0. The number of halogens is 1. The first-order valence-electron chi connectivity index (χ1n) is 9.85. The lowest BCUT2D eigenvalue weighted by Crippen LogP contribution is -2.42. The van der Waals surface area contributed by atoms with Crippen molar-refractivity contribution >= 4 is 34.2 Å². The van der Waals surface area contributed by atoms with E-state index in [1.165, 1.54) is 0 Å². The van der Waals surface area contributed by atoms with Crippen molar-refractivity contribution in [2.75, 3.05) is 0 Å². The molecule has 0 aliphatic carbocycles. The van der Waals surface area contributed by atoms with Crippen LogP contribution in [0.15, 0.2) is 72.8 Å². The summed E-state index contributed by atoms with van der Waals surface area (Å²) in [5.74, 6) is -0.830. The number of aryl methyl sites for hydroxylation is 1. The number of fused-ring (bicyclic) bond motifs is 1. The monoisotopic (exact) mass is 432 g/mol. The number of aromatic nitrogens is 2. The largest absolute Gasteiger partial charge is 0.274 e. The fourth-order valence-electron chi connectivity index (χ4n) is 3.53. The average Bonchev–Trinajstić information content (AvgIpc) is 3.06. The summed E-state index contributed by atoms with van der Waals surface area (Å²) in [5, 5.41) is 6.66. The van der Waals surface area contributed by atoms with E-state index in [1.54, 1.807) is 11.6 Å². The lowest BCUT2D eigenvalue weighted by Gasteiger charge is -2.09. The van der Waals surface area contributed by atoms with E-state index in [4.69, 9.17) is 11.6 Å². The first-order chi connectivity index (χ1) is 15.0. The molecule has 6 nitrogen and oxygen atoms in total. The second-order valence-corrected chi connectivity index (χ2v) is 7.57. The van der Waals surface area contributed by atoms with Crippen molar-refractivity contribution in [1.82, 2.24) is 20.6 Å².